The molecule has 0 amide bonds. The highest BCUT2D eigenvalue weighted by Crippen LogP contribution is 2.54. The number of rotatable bonds is 3. The van der Waals surface area contributed by atoms with Gasteiger partial charge in [0.1, 0.15) is 5.82 Å². The van der Waals surface area contributed by atoms with Gasteiger partial charge < -0.3 is 5.32 Å². The van der Waals surface area contributed by atoms with Crippen LogP contribution in [0.3, 0.4) is 0 Å². The van der Waals surface area contributed by atoms with E-state index in [2.05, 4.69) is 55.3 Å². The maximum Gasteiger partial charge on any atom is 0.162 e. The standard InChI is InChI=1S/C21H24N2OS/c1-4-21(15-8-6-5-7-9-15)18-16(23-20-19(21)25-12-22-20)10-14(13(2)3)11-17(18)24/h5-9,12-14,23H,4,10-11H2,1-3H3/t14-,21-/m1/s1. The first kappa shape index (κ1) is 16.5. The van der Waals surface area contributed by atoms with Gasteiger partial charge in [0.2, 0.25) is 0 Å². The number of nitrogens with one attached hydrogen (secondary N) is 1. The normalized spacial score (nSPS) is 25.6. The number of anilines is 1. The first-order chi connectivity index (χ1) is 12.1. The van der Waals surface area contributed by atoms with Crippen LogP contribution in [-0.2, 0) is 10.2 Å². The third-order valence-corrected chi connectivity index (χ3v) is 6.87. The largest absolute Gasteiger partial charge is 0.342 e. The van der Waals surface area contributed by atoms with E-state index in [1.165, 1.54) is 10.4 Å². The van der Waals surface area contributed by atoms with Crippen LogP contribution in [-0.4, -0.2) is 10.8 Å². The number of allylic oxidation sites excluding steroid dienone is 2. The van der Waals surface area contributed by atoms with Crippen LogP contribution in [0.1, 0.15) is 50.5 Å². The highest BCUT2D eigenvalue weighted by atomic mass is 32.1. The summed E-state index contributed by atoms with van der Waals surface area (Å²) in [6.45, 7) is 6.62. The molecule has 1 aromatic carbocycles. The molecule has 2 atom stereocenters. The summed E-state index contributed by atoms with van der Waals surface area (Å²) in [4.78, 5) is 19.1. The minimum atomic E-state index is -0.364. The van der Waals surface area contributed by atoms with E-state index >= 15 is 0 Å². The third-order valence-electron chi connectivity index (χ3n) is 5.89. The second-order valence-electron chi connectivity index (χ2n) is 7.47. The summed E-state index contributed by atoms with van der Waals surface area (Å²) >= 11 is 1.66. The molecular weight excluding hydrogens is 328 g/mol. The summed E-state index contributed by atoms with van der Waals surface area (Å²) in [5, 5.41) is 3.51. The molecule has 1 N–H and O–H groups in total. The molecule has 2 aliphatic rings. The Hall–Kier alpha value is -1.94. The average molecular weight is 353 g/mol. The van der Waals surface area contributed by atoms with Crippen molar-refractivity contribution in [3.8, 4) is 0 Å². The fourth-order valence-electron chi connectivity index (χ4n) is 4.46. The molecule has 0 spiro atoms. The lowest BCUT2D eigenvalue weighted by Gasteiger charge is -2.43. The van der Waals surface area contributed by atoms with Gasteiger partial charge in [-0.3, -0.25) is 4.79 Å². The number of hydrogen-bond acceptors (Lipinski definition) is 4. The van der Waals surface area contributed by atoms with Crippen LogP contribution < -0.4 is 5.32 Å². The van der Waals surface area contributed by atoms with E-state index in [0.717, 1.165) is 29.9 Å². The predicted molar refractivity (Wildman–Crippen MR) is 103 cm³/mol. The van der Waals surface area contributed by atoms with E-state index in [9.17, 15) is 4.79 Å². The molecule has 0 fully saturated rings. The van der Waals surface area contributed by atoms with Crippen molar-refractivity contribution in [3.63, 3.8) is 0 Å². The van der Waals surface area contributed by atoms with Crippen molar-refractivity contribution in [2.45, 2.75) is 45.4 Å². The Bertz CT molecular complexity index is 837. The van der Waals surface area contributed by atoms with Gasteiger partial charge in [-0.05, 0) is 30.2 Å². The lowest BCUT2D eigenvalue weighted by molar-refractivity contribution is -0.118. The lowest BCUT2D eigenvalue weighted by atomic mass is 9.63. The van der Waals surface area contributed by atoms with Crippen molar-refractivity contribution in [2.75, 3.05) is 5.32 Å². The van der Waals surface area contributed by atoms with E-state index in [0.29, 0.717) is 24.0 Å². The molecule has 3 nitrogen and oxygen atoms in total. The molecule has 2 heterocycles. The van der Waals surface area contributed by atoms with Crippen molar-refractivity contribution in [3.05, 3.63) is 57.6 Å². The summed E-state index contributed by atoms with van der Waals surface area (Å²) < 4.78 is 0. The number of aromatic nitrogens is 1. The molecule has 0 bridgehead atoms. The van der Waals surface area contributed by atoms with Gasteiger partial charge in [0.15, 0.2) is 5.78 Å². The Kier molecular flexibility index (Phi) is 4.03. The number of ketones is 1. The summed E-state index contributed by atoms with van der Waals surface area (Å²) in [5.41, 5.74) is 4.81. The molecular formula is C21H24N2OS. The van der Waals surface area contributed by atoms with Gasteiger partial charge in [0.05, 0.1) is 15.8 Å². The molecule has 1 aliphatic heterocycles. The summed E-state index contributed by atoms with van der Waals surface area (Å²) in [7, 11) is 0. The van der Waals surface area contributed by atoms with Gasteiger partial charge in [0, 0.05) is 17.7 Å². The van der Waals surface area contributed by atoms with Crippen LogP contribution >= 0.6 is 11.3 Å². The number of carbonyl (C=O) groups excluding carboxylic acids is 1. The smallest absolute Gasteiger partial charge is 0.162 e. The second-order valence-corrected chi connectivity index (χ2v) is 8.32. The SMILES string of the molecule is CC[C@@]1(c2ccccc2)C2=C(C[C@@H](C(C)C)CC2=O)Nc2ncsc21. The zero-order valence-electron chi connectivity index (χ0n) is 15.0. The lowest BCUT2D eigenvalue weighted by Crippen LogP contribution is -2.41. The number of Topliss-reactive ketones (excluding diaryl/α,β-unsaturated/α-hetero) is 1. The van der Waals surface area contributed by atoms with Crippen LogP contribution in [0.4, 0.5) is 5.82 Å². The van der Waals surface area contributed by atoms with Gasteiger partial charge in [-0.25, -0.2) is 4.98 Å². The van der Waals surface area contributed by atoms with Gasteiger partial charge in [-0.2, -0.15) is 0 Å². The predicted octanol–water partition coefficient (Wildman–Crippen LogP) is 5.15. The highest BCUT2D eigenvalue weighted by molar-refractivity contribution is 7.10. The minimum absolute atomic E-state index is 0.303. The zero-order chi connectivity index (χ0) is 17.6. The van der Waals surface area contributed by atoms with Crippen LogP contribution in [0.25, 0.3) is 0 Å². The number of hydrogen-bond donors (Lipinski definition) is 1. The molecule has 0 radical (unpaired) electrons. The van der Waals surface area contributed by atoms with E-state index < -0.39 is 0 Å². The second kappa shape index (κ2) is 6.10. The van der Waals surface area contributed by atoms with Crippen LogP contribution in [0.2, 0.25) is 0 Å². The van der Waals surface area contributed by atoms with E-state index in [4.69, 9.17) is 0 Å². The first-order valence-electron chi connectivity index (χ1n) is 9.11. The molecule has 4 rings (SSSR count). The van der Waals surface area contributed by atoms with Gasteiger partial charge in [0.25, 0.3) is 0 Å². The van der Waals surface area contributed by atoms with Gasteiger partial charge in [-0.1, -0.05) is 51.1 Å². The number of thiazole rings is 1. The van der Waals surface area contributed by atoms with E-state index in [-0.39, 0.29) is 5.41 Å². The first-order valence-corrected chi connectivity index (χ1v) is 9.99. The monoisotopic (exact) mass is 352 g/mol. The number of nitrogens with zero attached hydrogens (tertiary/aromatic N) is 1. The maximum absolute atomic E-state index is 13.3. The number of benzene rings is 1. The molecule has 0 unspecified atom stereocenters. The Morgan fingerprint density at radius 1 is 1.28 bits per heavy atom. The van der Waals surface area contributed by atoms with Crippen molar-refractivity contribution in [2.24, 2.45) is 11.8 Å². The Morgan fingerprint density at radius 3 is 2.72 bits per heavy atom. The summed E-state index contributed by atoms with van der Waals surface area (Å²) in [6, 6.07) is 10.5. The van der Waals surface area contributed by atoms with Crippen LogP contribution in [0.15, 0.2) is 47.1 Å². The van der Waals surface area contributed by atoms with Crippen molar-refractivity contribution in [1.29, 1.82) is 0 Å². The Morgan fingerprint density at radius 2 is 2.04 bits per heavy atom. The summed E-state index contributed by atoms with van der Waals surface area (Å²) in [5.74, 6) is 2.15. The van der Waals surface area contributed by atoms with Crippen molar-refractivity contribution in [1.82, 2.24) is 4.98 Å². The Labute approximate surface area is 153 Å². The van der Waals surface area contributed by atoms with Gasteiger partial charge in [-0.15, -0.1) is 11.3 Å². The molecule has 2 aromatic rings. The van der Waals surface area contributed by atoms with E-state index in [1.807, 2.05) is 11.6 Å². The third kappa shape index (κ3) is 2.38. The van der Waals surface area contributed by atoms with Crippen molar-refractivity contribution >= 4 is 22.9 Å². The summed E-state index contributed by atoms with van der Waals surface area (Å²) in [6.07, 6.45) is 2.45. The molecule has 1 aliphatic carbocycles. The van der Waals surface area contributed by atoms with Gasteiger partial charge >= 0.3 is 0 Å². The van der Waals surface area contributed by atoms with Crippen LogP contribution in [0, 0.1) is 11.8 Å². The zero-order valence-corrected chi connectivity index (χ0v) is 15.8. The highest BCUT2D eigenvalue weighted by Gasteiger charge is 2.49. The Balaban J connectivity index is 1.96. The molecule has 0 saturated heterocycles. The fourth-order valence-corrected chi connectivity index (χ4v) is 5.50. The fraction of sp³-hybridized carbons (Fsp3) is 0.429. The topological polar surface area (TPSA) is 42.0 Å². The van der Waals surface area contributed by atoms with Crippen molar-refractivity contribution < 1.29 is 4.79 Å². The molecule has 1 aromatic heterocycles. The molecule has 4 heteroatoms. The average Bonchev–Trinajstić information content (AvgIpc) is 3.09. The minimum Gasteiger partial charge on any atom is -0.342 e. The molecule has 130 valence electrons. The molecule has 0 saturated carbocycles. The quantitative estimate of drug-likeness (QED) is 0.830. The molecule has 25 heavy (non-hydrogen) atoms. The number of carbonyl (C=O) groups is 1. The van der Waals surface area contributed by atoms with E-state index in [1.54, 1.807) is 11.3 Å². The van der Waals surface area contributed by atoms with Crippen LogP contribution in [0.5, 0.6) is 0 Å². The number of fused-ring (bicyclic) bond motifs is 1. The maximum atomic E-state index is 13.3.